The van der Waals surface area contributed by atoms with Crippen LogP contribution in [0.1, 0.15) is 12.8 Å². The number of guanidine groups is 1. The highest BCUT2D eigenvalue weighted by Crippen LogP contribution is 2.18. The molecule has 1 aliphatic rings. The lowest BCUT2D eigenvalue weighted by Gasteiger charge is -2.30. The lowest BCUT2D eigenvalue weighted by molar-refractivity contribution is 0.275. The molecule has 18 heavy (non-hydrogen) atoms. The minimum Gasteiger partial charge on any atom is -0.359 e. The van der Waals surface area contributed by atoms with Crippen molar-refractivity contribution in [3.63, 3.8) is 0 Å². The van der Waals surface area contributed by atoms with Gasteiger partial charge < -0.3 is 10.6 Å². The maximum absolute atomic E-state index is 11.3. The summed E-state index contributed by atoms with van der Waals surface area (Å²) in [6.07, 6.45) is 3.08. The van der Waals surface area contributed by atoms with Crippen LogP contribution in [0, 0.1) is 5.92 Å². The molecular weight excluding hydrogens is 367 g/mol. The smallest absolute Gasteiger partial charge is 0.211 e. The Morgan fingerprint density at radius 1 is 1.39 bits per heavy atom. The summed E-state index contributed by atoms with van der Waals surface area (Å²) in [5.74, 6) is 1.29. The zero-order valence-corrected chi connectivity index (χ0v) is 14.3. The Balaban J connectivity index is 0.00000289. The number of hydrogen-bond donors (Lipinski definition) is 2. The summed E-state index contributed by atoms with van der Waals surface area (Å²) in [6.45, 7) is 2.10. The van der Waals surface area contributed by atoms with E-state index in [0.717, 1.165) is 25.3 Å². The van der Waals surface area contributed by atoms with E-state index in [4.69, 9.17) is 0 Å². The largest absolute Gasteiger partial charge is 0.359 e. The molecule has 0 atom stereocenters. The first kappa shape index (κ1) is 17.9. The van der Waals surface area contributed by atoms with Crippen LogP contribution < -0.4 is 10.6 Å². The molecule has 0 aromatic rings. The molecule has 1 aliphatic heterocycles. The number of nitrogens with one attached hydrogen (secondary N) is 2. The topological polar surface area (TPSA) is 73.8 Å². The van der Waals surface area contributed by atoms with Gasteiger partial charge in [0.1, 0.15) is 0 Å². The van der Waals surface area contributed by atoms with Gasteiger partial charge in [0.2, 0.25) is 10.0 Å². The van der Waals surface area contributed by atoms with E-state index in [1.165, 1.54) is 6.26 Å². The van der Waals surface area contributed by atoms with Gasteiger partial charge in [-0.05, 0) is 18.8 Å². The Hall–Kier alpha value is -0.0900. The van der Waals surface area contributed by atoms with Crippen molar-refractivity contribution in [3.8, 4) is 0 Å². The van der Waals surface area contributed by atoms with Gasteiger partial charge in [0.05, 0.1) is 6.26 Å². The number of halogens is 1. The molecule has 1 saturated heterocycles. The maximum Gasteiger partial charge on any atom is 0.211 e. The molecule has 2 N–H and O–H groups in total. The van der Waals surface area contributed by atoms with Crippen LogP contribution in [0.4, 0.5) is 0 Å². The molecule has 1 heterocycles. The molecule has 0 aromatic carbocycles. The molecular formula is C10H23IN4O2S. The van der Waals surface area contributed by atoms with E-state index in [2.05, 4.69) is 15.6 Å². The van der Waals surface area contributed by atoms with Crippen molar-refractivity contribution in [2.24, 2.45) is 10.9 Å². The highest BCUT2D eigenvalue weighted by atomic mass is 127. The average molecular weight is 390 g/mol. The van der Waals surface area contributed by atoms with Crippen LogP contribution in [0.25, 0.3) is 0 Å². The zero-order chi connectivity index (χ0) is 12.9. The normalized spacial score (nSPS) is 19.2. The van der Waals surface area contributed by atoms with Crippen molar-refractivity contribution in [1.29, 1.82) is 0 Å². The third-order valence-corrected chi connectivity index (χ3v) is 4.36. The highest BCUT2D eigenvalue weighted by Gasteiger charge is 2.24. The molecule has 0 aliphatic carbocycles. The summed E-state index contributed by atoms with van der Waals surface area (Å²) in [4.78, 5) is 4.03. The second-order valence-corrected chi connectivity index (χ2v) is 6.29. The fourth-order valence-corrected chi connectivity index (χ4v) is 2.84. The summed E-state index contributed by atoms with van der Waals surface area (Å²) in [5.41, 5.74) is 0. The lowest BCUT2D eigenvalue weighted by atomic mass is 9.98. The maximum atomic E-state index is 11.3. The van der Waals surface area contributed by atoms with Crippen LogP contribution in [0.5, 0.6) is 0 Å². The Bertz CT molecular complexity index is 364. The summed E-state index contributed by atoms with van der Waals surface area (Å²) in [7, 11) is 0.535. The summed E-state index contributed by atoms with van der Waals surface area (Å²) < 4.78 is 24.2. The molecule has 0 amide bonds. The van der Waals surface area contributed by atoms with Crippen LogP contribution in [-0.2, 0) is 10.0 Å². The molecule has 0 bridgehead atoms. The van der Waals surface area contributed by atoms with Gasteiger partial charge in [-0.1, -0.05) is 0 Å². The number of sulfonamides is 1. The van der Waals surface area contributed by atoms with Crippen molar-refractivity contribution >= 4 is 40.0 Å². The van der Waals surface area contributed by atoms with E-state index in [9.17, 15) is 8.42 Å². The van der Waals surface area contributed by atoms with E-state index >= 15 is 0 Å². The fraction of sp³-hybridized carbons (Fsp3) is 0.900. The Kier molecular flexibility index (Phi) is 8.11. The average Bonchev–Trinajstić information content (AvgIpc) is 2.30. The van der Waals surface area contributed by atoms with Crippen molar-refractivity contribution in [2.45, 2.75) is 12.8 Å². The molecule has 0 unspecified atom stereocenters. The predicted molar refractivity (Wildman–Crippen MR) is 85.0 cm³/mol. The molecule has 0 spiro atoms. The van der Waals surface area contributed by atoms with Gasteiger partial charge in [-0.3, -0.25) is 4.99 Å². The van der Waals surface area contributed by atoms with Crippen molar-refractivity contribution in [3.05, 3.63) is 0 Å². The monoisotopic (exact) mass is 390 g/mol. The summed E-state index contributed by atoms with van der Waals surface area (Å²) in [6, 6.07) is 0. The third kappa shape index (κ3) is 5.70. The number of hydrogen-bond acceptors (Lipinski definition) is 3. The minimum atomic E-state index is -3.01. The standard InChI is InChI=1S/C10H22N4O2S.HI/c1-11-10(12-2)13-8-9-4-6-14(7-5-9)17(3,15)16;/h9H,4-8H2,1-3H3,(H2,11,12,13);1H. The molecule has 6 nitrogen and oxygen atoms in total. The van der Waals surface area contributed by atoms with Crippen LogP contribution in [0.15, 0.2) is 4.99 Å². The quantitative estimate of drug-likeness (QED) is 0.407. The molecule has 1 fully saturated rings. The van der Waals surface area contributed by atoms with E-state index in [0.29, 0.717) is 19.0 Å². The SMILES string of the molecule is CN=C(NC)NCC1CCN(S(C)(=O)=O)CC1.I. The molecule has 8 heteroatoms. The molecule has 0 radical (unpaired) electrons. The lowest BCUT2D eigenvalue weighted by Crippen LogP contribution is -2.43. The van der Waals surface area contributed by atoms with Gasteiger partial charge >= 0.3 is 0 Å². The first-order valence-corrected chi connectivity index (χ1v) is 7.65. The highest BCUT2D eigenvalue weighted by molar-refractivity contribution is 14.0. The Morgan fingerprint density at radius 2 is 1.94 bits per heavy atom. The van der Waals surface area contributed by atoms with Crippen LogP contribution in [0.3, 0.4) is 0 Å². The molecule has 108 valence electrons. The summed E-state index contributed by atoms with van der Waals surface area (Å²) in [5, 5.41) is 6.17. The van der Waals surface area contributed by atoms with Crippen LogP contribution >= 0.6 is 24.0 Å². The van der Waals surface area contributed by atoms with Gasteiger partial charge in [-0.25, -0.2) is 12.7 Å². The van der Waals surface area contributed by atoms with Gasteiger partial charge in [0.15, 0.2) is 5.96 Å². The number of aliphatic imine (C=N–C) groups is 1. The number of rotatable bonds is 3. The van der Waals surface area contributed by atoms with Crippen molar-refractivity contribution < 1.29 is 8.42 Å². The summed E-state index contributed by atoms with van der Waals surface area (Å²) >= 11 is 0. The van der Waals surface area contributed by atoms with E-state index in [1.54, 1.807) is 11.4 Å². The minimum absolute atomic E-state index is 0. The van der Waals surface area contributed by atoms with Gasteiger partial charge in [0, 0.05) is 33.7 Å². The fourth-order valence-electron chi connectivity index (χ4n) is 1.97. The molecule has 0 saturated carbocycles. The van der Waals surface area contributed by atoms with Crippen LogP contribution in [-0.4, -0.2) is 58.7 Å². The number of piperidine rings is 1. The van der Waals surface area contributed by atoms with Gasteiger partial charge in [-0.15, -0.1) is 24.0 Å². The second-order valence-electron chi connectivity index (χ2n) is 4.31. The van der Waals surface area contributed by atoms with Gasteiger partial charge in [0.25, 0.3) is 0 Å². The zero-order valence-electron chi connectivity index (χ0n) is 11.1. The Labute approximate surface area is 127 Å². The first-order valence-electron chi connectivity index (χ1n) is 5.81. The van der Waals surface area contributed by atoms with Crippen molar-refractivity contribution in [1.82, 2.24) is 14.9 Å². The van der Waals surface area contributed by atoms with E-state index in [-0.39, 0.29) is 24.0 Å². The number of nitrogens with zero attached hydrogens (tertiary/aromatic N) is 2. The van der Waals surface area contributed by atoms with Crippen molar-refractivity contribution in [2.75, 3.05) is 40.0 Å². The van der Waals surface area contributed by atoms with E-state index in [1.807, 2.05) is 7.05 Å². The van der Waals surface area contributed by atoms with Crippen LogP contribution in [0.2, 0.25) is 0 Å². The first-order chi connectivity index (χ1) is 7.97. The Morgan fingerprint density at radius 3 is 2.33 bits per heavy atom. The molecule has 1 rings (SSSR count). The third-order valence-electron chi connectivity index (χ3n) is 3.06. The second kappa shape index (κ2) is 8.16. The predicted octanol–water partition coefficient (Wildman–Crippen LogP) is 0.0708. The molecule has 0 aromatic heterocycles. The van der Waals surface area contributed by atoms with Gasteiger partial charge in [-0.2, -0.15) is 0 Å². The van der Waals surface area contributed by atoms with E-state index < -0.39 is 10.0 Å².